The molecule has 2 amide bonds. The number of carbonyl (C=O) groups excluding carboxylic acids is 1. The second kappa shape index (κ2) is 9.37. The molecule has 24 heavy (non-hydrogen) atoms. The Bertz CT molecular complexity index is 528. The number of benzene rings is 1. The maximum Gasteiger partial charge on any atom is 0.315 e. The molecule has 0 aliphatic carbocycles. The molecule has 2 rings (SSSR count). The third kappa shape index (κ3) is 5.60. The zero-order chi connectivity index (χ0) is 17.4. The average molecular weight is 335 g/mol. The van der Waals surface area contributed by atoms with E-state index in [0.717, 1.165) is 37.5 Å². The molecule has 0 unspecified atom stereocenters. The normalized spacial score (nSPS) is 15.8. The predicted octanol–water partition coefficient (Wildman–Crippen LogP) is 2.23. The van der Waals surface area contributed by atoms with Crippen molar-refractivity contribution in [2.75, 3.05) is 40.9 Å². The summed E-state index contributed by atoms with van der Waals surface area (Å²) < 4.78 is 10.5. The summed E-state index contributed by atoms with van der Waals surface area (Å²) in [4.78, 5) is 14.3. The van der Waals surface area contributed by atoms with Crippen molar-refractivity contribution in [3.8, 4) is 11.5 Å². The highest BCUT2D eigenvalue weighted by molar-refractivity contribution is 5.73. The Morgan fingerprint density at radius 1 is 1.17 bits per heavy atom. The SMILES string of the molecule is COc1ccc(CNC(=O)NCCC2CCN(C)CC2)cc1OC. The Morgan fingerprint density at radius 3 is 2.54 bits per heavy atom. The summed E-state index contributed by atoms with van der Waals surface area (Å²) in [6.07, 6.45) is 3.51. The number of carbonyl (C=O) groups is 1. The fourth-order valence-corrected chi connectivity index (χ4v) is 2.98. The minimum atomic E-state index is -0.127. The van der Waals surface area contributed by atoms with Gasteiger partial charge in [-0.15, -0.1) is 0 Å². The van der Waals surface area contributed by atoms with Gasteiger partial charge < -0.3 is 25.0 Å². The van der Waals surface area contributed by atoms with Gasteiger partial charge in [0.2, 0.25) is 0 Å². The maximum atomic E-state index is 11.9. The van der Waals surface area contributed by atoms with E-state index in [1.54, 1.807) is 14.2 Å². The van der Waals surface area contributed by atoms with Crippen molar-refractivity contribution < 1.29 is 14.3 Å². The van der Waals surface area contributed by atoms with Crippen LogP contribution in [0.4, 0.5) is 4.79 Å². The quantitative estimate of drug-likeness (QED) is 0.802. The Hall–Kier alpha value is -1.95. The van der Waals surface area contributed by atoms with Gasteiger partial charge in [-0.3, -0.25) is 0 Å². The molecule has 0 aromatic heterocycles. The first-order valence-electron chi connectivity index (χ1n) is 8.53. The van der Waals surface area contributed by atoms with Crippen LogP contribution < -0.4 is 20.1 Å². The number of piperidine rings is 1. The minimum absolute atomic E-state index is 0.127. The van der Waals surface area contributed by atoms with Gasteiger partial charge >= 0.3 is 6.03 Å². The number of ether oxygens (including phenoxy) is 2. The number of likely N-dealkylation sites (tertiary alicyclic amines) is 1. The van der Waals surface area contributed by atoms with Crippen LogP contribution in [0.3, 0.4) is 0 Å². The number of nitrogens with one attached hydrogen (secondary N) is 2. The predicted molar refractivity (Wildman–Crippen MR) is 94.6 cm³/mol. The van der Waals surface area contributed by atoms with Crippen molar-refractivity contribution in [1.82, 2.24) is 15.5 Å². The molecular formula is C18H29N3O3. The second-order valence-electron chi connectivity index (χ2n) is 6.33. The molecule has 0 bridgehead atoms. The molecule has 1 aliphatic heterocycles. The van der Waals surface area contributed by atoms with Gasteiger partial charge in [0.25, 0.3) is 0 Å². The number of nitrogens with zero attached hydrogens (tertiary/aromatic N) is 1. The third-order valence-electron chi connectivity index (χ3n) is 4.58. The summed E-state index contributed by atoms with van der Waals surface area (Å²) in [6.45, 7) is 3.51. The molecule has 1 aromatic carbocycles. The van der Waals surface area contributed by atoms with Crippen molar-refractivity contribution >= 4 is 6.03 Å². The van der Waals surface area contributed by atoms with Crippen molar-refractivity contribution in [2.45, 2.75) is 25.8 Å². The maximum absolute atomic E-state index is 11.9. The average Bonchev–Trinajstić information content (AvgIpc) is 2.61. The van der Waals surface area contributed by atoms with Crippen molar-refractivity contribution in [2.24, 2.45) is 5.92 Å². The monoisotopic (exact) mass is 335 g/mol. The molecule has 0 spiro atoms. The standard InChI is InChI=1S/C18H29N3O3/c1-21-10-7-14(8-11-21)6-9-19-18(22)20-13-15-4-5-16(23-2)17(12-15)24-3/h4-5,12,14H,6-11,13H2,1-3H3,(H2,19,20,22). The van der Waals surface area contributed by atoms with Crippen LogP contribution in [0.15, 0.2) is 18.2 Å². The molecule has 6 nitrogen and oxygen atoms in total. The number of urea groups is 1. The van der Waals surface area contributed by atoms with E-state index in [1.165, 1.54) is 12.8 Å². The largest absolute Gasteiger partial charge is 0.493 e. The molecule has 1 aromatic rings. The van der Waals surface area contributed by atoms with Gasteiger partial charge in [-0.05, 0) is 63.0 Å². The van der Waals surface area contributed by atoms with Gasteiger partial charge in [0, 0.05) is 13.1 Å². The number of amides is 2. The van der Waals surface area contributed by atoms with Crippen LogP contribution >= 0.6 is 0 Å². The van der Waals surface area contributed by atoms with E-state index in [4.69, 9.17) is 9.47 Å². The lowest BCUT2D eigenvalue weighted by Gasteiger charge is -2.28. The number of methoxy groups -OCH3 is 2. The fraction of sp³-hybridized carbons (Fsp3) is 0.611. The molecule has 0 atom stereocenters. The molecule has 6 heteroatoms. The number of hydrogen-bond acceptors (Lipinski definition) is 4. The Balaban J connectivity index is 1.67. The van der Waals surface area contributed by atoms with Gasteiger partial charge in [-0.25, -0.2) is 4.79 Å². The van der Waals surface area contributed by atoms with Gasteiger partial charge in [0.05, 0.1) is 14.2 Å². The van der Waals surface area contributed by atoms with Crippen LogP contribution in [-0.2, 0) is 6.54 Å². The minimum Gasteiger partial charge on any atom is -0.493 e. The molecule has 0 radical (unpaired) electrons. The topological polar surface area (TPSA) is 62.8 Å². The van der Waals surface area contributed by atoms with E-state index < -0.39 is 0 Å². The van der Waals surface area contributed by atoms with Crippen LogP contribution in [-0.4, -0.2) is 51.8 Å². The Morgan fingerprint density at radius 2 is 1.88 bits per heavy atom. The smallest absolute Gasteiger partial charge is 0.315 e. The van der Waals surface area contributed by atoms with Crippen molar-refractivity contribution in [3.05, 3.63) is 23.8 Å². The van der Waals surface area contributed by atoms with Crippen LogP contribution in [0, 0.1) is 5.92 Å². The molecule has 2 N–H and O–H groups in total. The lowest BCUT2D eigenvalue weighted by atomic mass is 9.94. The van der Waals surface area contributed by atoms with Gasteiger partial charge in [0.15, 0.2) is 11.5 Å². The molecule has 1 aliphatic rings. The summed E-state index contributed by atoms with van der Waals surface area (Å²) >= 11 is 0. The van der Waals surface area contributed by atoms with Crippen molar-refractivity contribution in [3.63, 3.8) is 0 Å². The van der Waals surface area contributed by atoms with Crippen LogP contribution in [0.2, 0.25) is 0 Å². The summed E-state index contributed by atoms with van der Waals surface area (Å²) in [5.74, 6) is 2.08. The first-order valence-corrected chi connectivity index (χ1v) is 8.53. The zero-order valence-electron chi connectivity index (χ0n) is 14.9. The zero-order valence-corrected chi connectivity index (χ0v) is 14.9. The summed E-state index contributed by atoms with van der Waals surface area (Å²) in [6, 6.07) is 5.50. The van der Waals surface area contributed by atoms with Crippen LogP contribution in [0.5, 0.6) is 11.5 Å². The molecule has 1 heterocycles. The van der Waals surface area contributed by atoms with Crippen LogP contribution in [0.1, 0.15) is 24.8 Å². The van der Waals surface area contributed by atoms with E-state index in [-0.39, 0.29) is 6.03 Å². The summed E-state index contributed by atoms with van der Waals surface area (Å²) in [5, 5.41) is 5.82. The summed E-state index contributed by atoms with van der Waals surface area (Å²) in [7, 11) is 5.37. The fourth-order valence-electron chi connectivity index (χ4n) is 2.98. The van der Waals surface area contributed by atoms with E-state index in [0.29, 0.717) is 18.0 Å². The molecule has 134 valence electrons. The van der Waals surface area contributed by atoms with Gasteiger partial charge in [-0.2, -0.15) is 0 Å². The molecular weight excluding hydrogens is 306 g/mol. The highest BCUT2D eigenvalue weighted by Gasteiger charge is 2.16. The van der Waals surface area contributed by atoms with Gasteiger partial charge in [-0.1, -0.05) is 6.07 Å². The third-order valence-corrected chi connectivity index (χ3v) is 4.58. The number of hydrogen-bond donors (Lipinski definition) is 2. The molecule has 1 saturated heterocycles. The van der Waals surface area contributed by atoms with E-state index >= 15 is 0 Å². The van der Waals surface area contributed by atoms with Crippen LogP contribution in [0.25, 0.3) is 0 Å². The van der Waals surface area contributed by atoms with E-state index in [9.17, 15) is 4.79 Å². The number of rotatable bonds is 7. The van der Waals surface area contributed by atoms with Crippen molar-refractivity contribution in [1.29, 1.82) is 0 Å². The highest BCUT2D eigenvalue weighted by Crippen LogP contribution is 2.27. The lowest BCUT2D eigenvalue weighted by molar-refractivity contribution is 0.209. The Labute approximate surface area is 144 Å². The van der Waals surface area contributed by atoms with E-state index in [2.05, 4.69) is 22.6 Å². The summed E-state index contributed by atoms with van der Waals surface area (Å²) in [5.41, 5.74) is 0.970. The van der Waals surface area contributed by atoms with E-state index in [1.807, 2.05) is 18.2 Å². The van der Waals surface area contributed by atoms with Gasteiger partial charge in [0.1, 0.15) is 0 Å². The second-order valence-corrected chi connectivity index (χ2v) is 6.33. The molecule has 1 fully saturated rings. The first-order chi connectivity index (χ1) is 11.6. The first kappa shape index (κ1) is 18.4. The Kier molecular flexibility index (Phi) is 7.18. The lowest BCUT2D eigenvalue weighted by Crippen LogP contribution is -2.37. The molecule has 0 saturated carbocycles. The highest BCUT2D eigenvalue weighted by atomic mass is 16.5.